The molecule has 4 aromatic rings. The minimum absolute atomic E-state index is 0.000656. The fourth-order valence-corrected chi connectivity index (χ4v) is 3.93. The standard InChI is InChI=1S/C25H25N5O4/c1-17-14-23(18(2)29(17)13-12-19-4-10-22(34-3)11-5-19)24(31)15-28-16-26-25(27-28)20-6-8-21(9-7-20)30(32)33/h4-11,14,16H,12-13,15H2,1-3H3. The van der Waals surface area contributed by atoms with Gasteiger partial charge in [-0.3, -0.25) is 14.9 Å². The van der Waals surface area contributed by atoms with Crippen LogP contribution in [-0.4, -0.2) is 37.1 Å². The third-order valence-corrected chi connectivity index (χ3v) is 5.84. The number of nitrogens with zero attached hydrogens (tertiary/aromatic N) is 5. The van der Waals surface area contributed by atoms with E-state index in [0.717, 1.165) is 30.1 Å². The summed E-state index contributed by atoms with van der Waals surface area (Å²) in [6.07, 6.45) is 2.34. The van der Waals surface area contributed by atoms with Crippen molar-refractivity contribution in [3.05, 3.63) is 93.6 Å². The number of benzene rings is 2. The predicted octanol–water partition coefficient (Wildman–Crippen LogP) is 4.41. The Morgan fingerprint density at radius 1 is 1.09 bits per heavy atom. The van der Waals surface area contributed by atoms with Gasteiger partial charge in [-0.15, -0.1) is 0 Å². The summed E-state index contributed by atoms with van der Waals surface area (Å²) < 4.78 is 8.85. The number of methoxy groups -OCH3 is 1. The number of hydrogen-bond acceptors (Lipinski definition) is 6. The topological polar surface area (TPSA) is 105 Å². The Morgan fingerprint density at radius 2 is 1.79 bits per heavy atom. The molecule has 9 heteroatoms. The molecule has 0 spiro atoms. The molecule has 0 radical (unpaired) electrons. The fraction of sp³-hybridized carbons (Fsp3) is 0.240. The molecule has 4 rings (SSSR count). The van der Waals surface area contributed by atoms with Crippen molar-refractivity contribution in [1.82, 2.24) is 19.3 Å². The number of rotatable bonds is 9. The third kappa shape index (κ3) is 4.88. The first kappa shape index (κ1) is 22.9. The van der Waals surface area contributed by atoms with Crippen LogP contribution in [0.25, 0.3) is 11.4 Å². The number of non-ortho nitro benzene ring substituents is 1. The van der Waals surface area contributed by atoms with Crippen molar-refractivity contribution in [3.63, 3.8) is 0 Å². The van der Waals surface area contributed by atoms with Crippen LogP contribution in [0.15, 0.2) is 60.9 Å². The Kier molecular flexibility index (Phi) is 6.53. The molecule has 0 saturated heterocycles. The van der Waals surface area contributed by atoms with Gasteiger partial charge in [-0.05, 0) is 56.2 Å². The molecule has 0 aliphatic rings. The maximum absolute atomic E-state index is 13.0. The smallest absolute Gasteiger partial charge is 0.269 e. The highest BCUT2D eigenvalue weighted by atomic mass is 16.6. The number of hydrogen-bond donors (Lipinski definition) is 0. The van der Waals surface area contributed by atoms with E-state index in [0.29, 0.717) is 17.0 Å². The molecule has 0 aliphatic carbocycles. The molecular weight excluding hydrogens is 434 g/mol. The van der Waals surface area contributed by atoms with Gasteiger partial charge in [0.15, 0.2) is 11.6 Å². The number of Topliss-reactive ketones (excluding diaryl/α,β-unsaturated/α-hetero) is 1. The molecule has 0 atom stereocenters. The van der Waals surface area contributed by atoms with Crippen molar-refractivity contribution in [2.75, 3.05) is 7.11 Å². The number of carbonyl (C=O) groups excluding carboxylic acids is 1. The predicted molar refractivity (Wildman–Crippen MR) is 127 cm³/mol. The monoisotopic (exact) mass is 459 g/mol. The fourth-order valence-electron chi connectivity index (χ4n) is 3.93. The Bertz CT molecular complexity index is 1320. The quantitative estimate of drug-likeness (QED) is 0.209. The Balaban J connectivity index is 1.44. The van der Waals surface area contributed by atoms with Crippen LogP contribution in [0.3, 0.4) is 0 Å². The number of nitro benzene ring substituents is 1. The van der Waals surface area contributed by atoms with Gasteiger partial charge >= 0.3 is 0 Å². The van der Waals surface area contributed by atoms with Gasteiger partial charge in [0.2, 0.25) is 0 Å². The van der Waals surface area contributed by atoms with Gasteiger partial charge in [0, 0.05) is 41.2 Å². The minimum atomic E-state index is -0.456. The van der Waals surface area contributed by atoms with E-state index in [1.165, 1.54) is 28.7 Å². The average Bonchev–Trinajstić information content (AvgIpc) is 3.42. The number of ether oxygens (including phenoxy) is 1. The molecule has 0 amide bonds. The van der Waals surface area contributed by atoms with Crippen molar-refractivity contribution in [1.29, 1.82) is 0 Å². The van der Waals surface area contributed by atoms with Gasteiger partial charge in [-0.1, -0.05) is 12.1 Å². The SMILES string of the molecule is COc1ccc(CCn2c(C)cc(C(=O)Cn3cnc(-c4ccc([N+](=O)[O-])cc4)n3)c2C)cc1. The summed E-state index contributed by atoms with van der Waals surface area (Å²) >= 11 is 0. The summed E-state index contributed by atoms with van der Waals surface area (Å²) in [5, 5.41) is 15.2. The Morgan fingerprint density at radius 3 is 2.44 bits per heavy atom. The molecule has 2 aromatic heterocycles. The van der Waals surface area contributed by atoms with Crippen LogP contribution in [0.4, 0.5) is 5.69 Å². The van der Waals surface area contributed by atoms with Gasteiger partial charge in [0.1, 0.15) is 18.6 Å². The average molecular weight is 460 g/mol. The number of aryl methyl sites for hydroxylation is 2. The van der Waals surface area contributed by atoms with Crippen molar-refractivity contribution in [2.24, 2.45) is 0 Å². The summed E-state index contributed by atoms with van der Waals surface area (Å²) in [6, 6.07) is 15.9. The van der Waals surface area contributed by atoms with E-state index >= 15 is 0 Å². The lowest BCUT2D eigenvalue weighted by atomic mass is 10.1. The lowest BCUT2D eigenvalue weighted by Gasteiger charge is -2.10. The van der Waals surface area contributed by atoms with Crippen molar-refractivity contribution >= 4 is 11.5 Å². The van der Waals surface area contributed by atoms with E-state index in [-0.39, 0.29) is 18.0 Å². The van der Waals surface area contributed by atoms with Crippen molar-refractivity contribution < 1.29 is 14.5 Å². The van der Waals surface area contributed by atoms with E-state index in [4.69, 9.17) is 4.74 Å². The van der Waals surface area contributed by atoms with Crippen LogP contribution in [0.5, 0.6) is 5.75 Å². The van der Waals surface area contributed by atoms with E-state index in [9.17, 15) is 14.9 Å². The molecule has 0 fully saturated rings. The van der Waals surface area contributed by atoms with Gasteiger partial charge in [-0.25, -0.2) is 9.67 Å². The molecule has 0 bridgehead atoms. The minimum Gasteiger partial charge on any atom is -0.497 e. The lowest BCUT2D eigenvalue weighted by Crippen LogP contribution is -2.13. The summed E-state index contributed by atoms with van der Waals surface area (Å²) in [5.41, 5.74) is 4.46. The summed E-state index contributed by atoms with van der Waals surface area (Å²) in [7, 11) is 1.65. The second-order valence-corrected chi connectivity index (χ2v) is 8.03. The first-order valence-corrected chi connectivity index (χ1v) is 10.8. The van der Waals surface area contributed by atoms with Gasteiger partial charge in [0.05, 0.1) is 12.0 Å². The van der Waals surface area contributed by atoms with E-state index in [1.807, 2.05) is 44.2 Å². The normalized spacial score (nSPS) is 10.9. The van der Waals surface area contributed by atoms with Crippen LogP contribution >= 0.6 is 0 Å². The first-order chi connectivity index (χ1) is 16.4. The Hall–Kier alpha value is -4.27. The highest BCUT2D eigenvalue weighted by molar-refractivity contribution is 5.97. The summed E-state index contributed by atoms with van der Waals surface area (Å²) in [6.45, 7) is 4.78. The van der Waals surface area contributed by atoms with Gasteiger partial charge < -0.3 is 9.30 Å². The molecule has 9 nitrogen and oxygen atoms in total. The zero-order valence-electron chi connectivity index (χ0n) is 19.3. The van der Waals surface area contributed by atoms with Gasteiger partial charge in [0.25, 0.3) is 5.69 Å². The Labute approximate surface area is 196 Å². The van der Waals surface area contributed by atoms with Crippen molar-refractivity contribution in [2.45, 2.75) is 33.4 Å². The number of ketones is 1. The lowest BCUT2D eigenvalue weighted by molar-refractivity contribution is -0.384. The zero-order valence-corrected chi connectivity index (χ0v) is 19.3. The third-order valence-electron chi connectivity index (χ3n) is 5.84. The van der Waals surface area contributed by atoms with E-state index < -0.39 is 4.92 Å². The molecule has 0 aliphatic heterocycles. The number of nitro groups is 1. The summed E-state index contributed by atoms with van der Waals surface area (Å²) in [4.78, 5) is 27.6. The molecule has 34 heavy (non-hydrogen) atoms. The van der Waals surface area contributed by atoms with Crippen LogP contribution in [0.2, 0.25) is 0 Å². The molecule has 2 heterocycles. The second-order valence-electron chi connectivity index (χ2n) is 8.03. The largest absolute Gasteiger partial charge is 0.497 e. The van der Waals surface area contributed by atoms with Crippen LogP contribution in [-0.2, 0) is 19.5 Å². The van der Waals surface area contributed by atoms with E-state index in [2.05, 4.69) is 14.6 Å². The van der Waals surface area contributed by atoms with Crippen LogP contribution < -0.4 is 4.74 Å². The molecular formula is C25H25N5O4. The van der Waals surface area contributed by atoms with Crippen LogP contribution in [0, 0.1) is 24.0 Å². The van der Waals surface area contributed by atoms with Crippen LogP contribution in [0.1, 0.15) is 27.3 Å². The second kappa shape index (κ2) is 9.70. The van der Waals surface area contributed by atoms with Gasteiger partial charge in [-0.2, -0.15) is 5.10 Å². The molecule has 174 valence electrons. The maximum Gasteiger partial charge on any atom is 0.269 e. The molecule has 0 N–H and O–H groups in total. The molecule has 0 saturated carbocycles. The highest BCUT2D eigenvalue weighted by Crippen LogP contribution is 2.21. The number of carbonyl (C=O) groups is 1. The molecule has 2 aromatic carbocycles. The zero-order chi connectivity index (χ0) is 24.2. The molecule has 0 unspecified atom stereocenters. The number of aromatic nitrogens is 4. The van der Waals surface area contributed by atoms with Crippen molar-refractivity contribution in [3.8, 4) is 17.1 Å². The maximum atomic E-state index is 13.0. The highest BCUT2D eigenvalue weighted by Gasteiger charge is 2.17. The summed E-state index contributed by atoms with van der Waals surface area (Å²) in [5.74, 6) is 1.19. The first-order valence-electron chi connectivity index (χ1n) is 10.8. The van der Waals surface area contributed by atoms with E-state index in [1.54, 1.807) is 19.2 Å².